The van der Waals surface area contributed by atoms with Gasteiger partial charge in [0.05, 0.1) is 17.0 Å². The summed E-state index contributed by atoms with van der Waals surface area (Å²) in [6.07, 6.45) is 0. The van der Waals surface area contributed by atoms with Gasteiger partial charge in [-0.1, -0.05) is 29.8 Å². The lowest BCUT2D eigenvalue weighted by atomic mass is 10.2. The van der Waals surface area contributed by atoms with Gasteiger partial charge in [0.25, 0.3) is 5.89 Å². The zero-order chi connectivity index (χ0) is 17.2. The van der Waals surface area contributed by atoms with E-state index in [1.165, 1.54) is 24.3 Å². The molecule has 124 valence electrons. The molecule has 0 spiro atoms. The minimum absolute atomic E-state index is 0.00219. The van der Waals surface area contributed by atoms with Crippen LogP contribution < -0.4 is 4.72 Å². The summed E-state index contributed by atoms with van der Waals surface area (Å²) in [5.74, 6) is -0.450. The van der Waals surface area contributed by atoms with Crippen LogP contribution in [0.2, 0.25) is 0 Å². The summed E-state index contributed by atoms with van der Waals surface area (Å²) < 4.78 is 45.7. The summed E-state index contributed by atoms with van der Waals surface area (Å²) in [5, 5.41) is 7.48. The van der Waals surface area contributed by atoms with Crippen molar-refractivity contribution in [1.82, 2.24) is 14.9 Å². The second kappa shape index (κ2) is 6.50. The topological polar surface area (TPSA) is 85.1 Å². The van der Waals surface area contributed by atoms with Crippen LogP contribution >= 0.6 is 0 Å². The summed E-state index contributed by atoms with van der Waals surface area (Å²) in [6.45, 7) is 1.68. The van der Waals surface area contributed by atoms with E-state index in [1.807, 2.05) is 6.92 Å². The maximum absolute atomic E-state index is 13.7. The average molecular weight is 347 g/mol. The Morgan fingerprint density at radius 3 is 2.50 bits per heavy atom. The minimum Gasteiger partial charge on any atom is -0.419 e. The zero-order valence-corrected chi connectivity index (χ0v) is 13.5. The second-order valence-corrected chi connectivity index (χ2v) is 6.89. The monoisotopic (exact) mass is 347 g/mol. The van der Waals surface area contributed by atoms with Crippen molar-refractivity contribution in [2.45, 2.75) is 18.4 Å². The van der Waals surface area contributed by atoms with E-state index in [1.54, 1.807) is 24.3 Å². The molecule has 0 saturated carbocycles. The van der Waals surface area contributed by atoms with Crippen molar-refractivity contribution in [1.29, 1.82) is 0 Å². The molecule has 0 atom stereocenters. The molecule has 8 heteroatoms. The molecule has 0 aliphatic carbocycles. The van der Waals surface area contributed by atoms with Crippen molar-refractivity contribution in [3.8, 4) is 11.5 Å². The first-order valence-corrected chi connectivity index (χ1v) is 8.58. The number of aromatic nitrogens is 2. The Bertz CT molecular complexity index is 953. The number of hydrogen-bond donors (Lipinski definition) is 1. The van der Waals surface area contributed by atoms with Gasteiger partial charge in [0.2, 0.25) is 15.9 Å². The maximum atomic E-state index is 13.7. The number of benzene rings is 2. The number of aryl methyl sites for hydroxylation is 1. The van der Waals surface area contributed by atoms with Gasteiger partial charge in [-0.3, -0.25) is 0 Å². The van der Waals surface area contributed by atoms with E-state index in [4.69, 9.17) is 4.42 Å². The molecule has 0 fully saturated rings. The SMILES string of the molecule is Cc1ccc(S(=O)(=O)NCc2nnc(-c3ccccc3F)o2)cc1. The third-order valence-electron chi connectivity index (χ3n) is 3.32. The summed E-state index contributed by atoms with van der Waals surface area (Å²) in [7, 11) is -3.69. The number of nitrogens with one attached hydrogen (secondary N) is 1. The minimum atomic E-state index is -3.69. The number of sulfonamides is 1. The van der Waals surface area contributed by atoms with E-state index in [0.29, 0.717) is 0 Å². The van der Waals surface area contributed by atoms with E-state index in [9.17, 15) is 12.8 Å². The number of hydrogen-bond acceptors (Lipinski definition) is 5. The lowest BCUT2D eigenvalue weighted by Crippen LogP contribution is -2.23. The summed E-state index contributed by atoms with van der Waals surface area (Å²) in [6, 6.07) is 12.4. The zero-order valence-electron chi connectivity index (χ0n) is 12.7. The molecule has 3 rings (SSSR count). The summed E-state index contributed by atoms with van der Waals surface area (Å²) in [4.78, 5) is 0.141. The van der Waals surface area contributed by atoms with Gasteiger partial charge in [0, 0.05) is 0 Å². The van der Waals surface area contributed by atoms with E-state index in [-0.39, 0.29) is 28.8 Å². The Hall–Kier alpha value is -2.58. The predicted molar refractivity (Wildman–Crippen MR) is 84.9 cm³/mol. The normalized spacial score (nSPS) is 11.6. The van der Waals surface area contributed by atoms with Crippen LogP contribution in [0, 0.1) is 12.7 Å². The Morgan fingerprint density at radius 2 is 1.79 bits per heavy atom. The van der Waals surface area contributed by atoms with Gasteiger partial charge in [0.1, 0.15) is 5.82 Å². The lowest BCUT2D eigenvalue weighted by Gasteiger charge is -2.04. The van der Waals surface area contributed by atoms with Gasteiger partial charge in [-0.2, -0.15) is 0 Å². The first-order chi connectivity index (χ1) is 11.5. The van der Waals surface area contributed by atoms with Gasteiger partial charge >= 0.3 is 0 Å². The Balaban J connectivity index is 1.74. The highest BCUT2D eigenvalue weighted by Crippen LogP contribution is 2.21. The van der Waals surface area contributed by atoms with Crippen LogP contribution in [0.25, 0.3) is 11.5 Å². The quantitative estimate of drug-likeness (QED) is 0.767. The molecule has 1 aromatic heterocycles. The third-order valence-corrected chi connectivity index (χ3v) is 4.73. The molecule has 24 heavy (non-hydrogen) atoms. The molecule has 0 aliphatic heterocycles. The van der Waals surface area contributed by atoms with Gasteiger partial charge in [-0.05, 0) is 31.2 Å². The average Bonchev–Trinajstić information content (AvgIpc) is 3.03. The Labute approximate surface area is 138 Å². The molecular weight excluding hydrogens is 333 g/mol. The van der Waals surface area contributed by atoms with Gasteiger partial charge < -0.3 is 4.42 Å². The Morgan fingerprint density at radius 1 is 1.08 bits per heavy atom. The van der Waals surface area contributed by atoms with E-state index in [2.05, 4.69) is 14.9 Å². The van der Waals surface area contributed by atoms with Crippen molar-refractivity contribution in [2.24, 2.45) is 0 Å². The predicted octanol–water partition coefficient (Wildman–Crippen LogP) is 2.66. The van der Waals surface area contributed by atoms with Crippen LogP contribution in [0.15, 0.2) is 57.8 Å². The van der Waals surface area contributed by atoms with E-state index < -0.39 is 15.8 Å². The van der Waals surface area contributed by atoms with Crippen molar-refractivity contribution in [3.05, 3.63) is 65.8 Å². The van der Waals surface area contributed by atoms with Gasteiger partial charge in [-0.15, -0.1) is 10.2 Å². The standard InChI is InChI=1S/C16H14FN3O3S/c1-11-6-8-12(9-7-11)24(21,22)18-10-15-19-20-16(23-15)13-4-2-3-5-14(13)17/h2-9,18H,10H2,1H3. The number of rotatable bonds is 5. The van der Waals surface area contributed by atoms with Crippen molar-refractivity contribution < 1.29 is 17.2 Å². The summed E-state index contributed by atoms with van der Waals surface area (Å²) in [5.41, 5.74) is 1.12. The molecule has 0 saturated heterocycles. The molecule has 3 aromatic rings. The molecule has 1 heterocycles. The highest BCUT2D eigenvalue weighted by atomic mass is 32.2. The second-order valence-electron chi connectivity index (χ2n) is 5.12. The molecule has 6 nitrogen and oxygen atoms in total. The number of nitrogens with zero attached hydrogens (tertiary/aromatic N) is 2. The highest BCUT2D eigenvalue weighted by Gasteiger charge is 2.17. The van der Waals surface area contributed by atoms with Crippen LogP contribution in [0.1, 0.15) is 11.5 Å². The fourth-order valence-corrected chi connectivity index (χ4v) is 3.00. The Kier molecular flexibility index (Phi) is 4.41. The van der Waals surface area contributed by atoms with E-state index in [0.717, 1.165) is 5.56 Å². The van der Waals surface area contributed by atoms with Crippen LogP contribution in [-0.4, -0.2) is 18.6 Å². The van der Waals surface area contributed by atoms with E-state index >= 15 is 0 Å². The first kappa shape index (κ1) is 16.3. The van der Waals surface area contributed by atoms with Gasteiger partial charge in [0.15, 0.2) is 0 Å². The molecule has 0 unspecified atom stereocenters. The van der Waals surface area contributed by atoms with Crippen LogP contribution in [0.4, 0.5) is 4.39 Å². The first-order valence-electron chi connectivity index (χ1n) is 7.09. The summed E-state index contributed by atoms with van der Waals surface area (Å²) >= 11 is 0. The third kappa shape index (κ3) is 3.50. The van der Waals surface area contributed by atoms with Gasteiger partial charge in [-0.25, -0.2) is 17.5 Å². The molecule has 2 aromatic carbocycles. The lowest BCUT2D eigenvalue weighted by molar-refractivity contribution is 0.491. The van der Waals surface area contributed by atoms with Crippen molar-refractivity contribution in [2.75, 3.05) is 0 Å². The maximum Gasteiger partial charge on any atom is 0.250 e. The highest BCUT2D eigenvalue weighted by molar-refractivity contribution is 7.89. The van der Waals surface area contributed by atoms with Crippen LogP contribution in [0.3, 0.4) is 0 Å². The van der Waals surface area contributed by atoms with Crippen molar-refractivity contribution >= 4 is 10.0 Å². The van der Waals surface area contributed by atoms with Crippen molar-refractivity contribution in [3.63, 3.8) is 0 Å². The molecular formula is C16H14FN3O3S. The molecule has 0 bridgehead atoms. The number of halogens is 1. The molecule has 0 radical (unpaired) electrons. The van der Waals surface area contributed by atoms with Crippen LogP contribution in [-0.2, 0) is 16.6 Å². The molecule has 0 amide bonds. The van der Waals surface area contributed by atoms with Crippen LogP contribution in [0.5, 0.6) is 0 Å². The fraction of sp³-hybridized carbons (Fsp3) is 0.125. The largest absolute Gasteiger partial charge is 0.419 e. The smallest absolute Gasteiger partial charge is 0.250 e. The molecule has 1 N–H and O–H groups in total. The molecule has 0 aliphatic rings. The fourth-order valence-electron chi connectivity index (χ4n) is 2.03.